The Bertz CT molecular complexity index is 383. The zero-order valence-corrected chi connectivity index (χ0v) is 11.5. The summed E-state index contributed by atoms with van der Waals surface area (Å²) in [7, 11) is 0. The van der Waals surface area contributed by atoms with Crippen LogP contribution in [0.3, 0.4) is 0 Å². The molecule has 4 amide bonds. The molecule has 1 N–H and O–H groups in total. The van der Waals surface area contributed by atoms with Gasteiger partial charge in [0.05, 0.1) is 11.8 Å². The van der Waals surface area contributed by atoms with Gasteiger partial charge in [0.2, 0.25) is 5.91 Å². The van der Waals surface area contributed by atoms with E-state index in [1.807, 2.05) is 20.8 Å². The second kappa shape index (κ2) is 4.46. The van der Waals surface area contributed by atoms with Gasteiger partial charge >= 0.3 is 6.03 Å². The highest BCUT2D eigenvalue weighted by atomic mass is 32.2. The number of nitrogens with zero attached hydrogens (tertiary/aromatic N) is 2. The summed E-state index contributed by atoms with van der Waals surface area (Å²) in [5.74, 6) is 0.0784. The third-order valence-corrected chi connectivity index (χ3v) is 3.62. The lowest BCUT2D eigenvalue weighted by Gasteiger charge is -2.43. The fourth-order valence-corrected chi connectivity index (χ4v) is 2.68. The minimum atomic E-state index is -0.280. The van der Waals surface area contributed by atoms with E-state index in [0.717, 1.165) is 11.8 Å². The summed E-state index contributed by atoms with van der Waals surface area (Å²) in [6.07, 6.45) is 0. The summed E-state index contributed by atoms with van der Waals surface area (Å²) in [6, 6.07) is -0.295. The van der Waals surface area contributed by atoms with Crippen LogP contribution < -0.4 is 5.32 Å². The molecule has 6 nitrogen and oxygen atoms in total. The second-order valence-corrected chi connectivity index (χ2v) is 6.48. The van der Waals surface area contributed by atoms with Crippen LogP contribution in [-0.4, -0.2) is 57.4 Å². The molecule has 0 spiro atoms. The van der Waals surface area contributed by atoms with Crippen molar-refractivity contribution in [3.8, 4) is 0 Å². The van der Waals surface area contributed by atoms with Crippen LogP contribution in [0.2, 0.25) is 0 Å². The average molecular weight is 271 g/mol. The minimum Gasteiger partial charge on any atom is -0.333 e. The van der Waals surface area contributed by atoms with Crippen LogP contribution in [-0.2, 0) is 4.79 Å². The maximum atomic E-state index is 11.8. The Kier molecular flexibility index (Phi) is 3.27. The van der Waals surface area contributed by atoms with Gasteiger partial charge in [-0.1, -0.05) is 11.8 Å². The Labute approximate surface area is 110 Å². The number of carbonyl (C=O) groups excluding carboxylic acids is 3. The largest absolute Gasteiger partial charge is 0.333 e. The summed E-state index contributed by atoms with van der Waals surface area (Å²) < 4.78 is 0. The van der Waals surface area contributed by atoms with Crippen LogP contribution in [0.25, 0.3) is 0 Å². The van der Waals surface area contributed by atoms with E-state index in [0.29, 0.717) is 13.1 Å². The van der Waals surface area contributed by atoms with Crippen LogP contribution in [0.1, 0.15) is 20.8 Å². The van der Waals surface area contributed by atoms with Gasteiger partial charge in [0, 0.05) is 18.6 Å². The van der Waals surface area contributed by atoms with Crippen LogP contribution in [0, 0.1) is 0 Å². The first-order valence-corrected chi connectivity index (χ1v) is 6.82. The highest BCUT2D eigenvalue weighted by Crippen LogP contribution is 2.26. The van der Waals surface area contributed by atoms with Crippen LogP contribution in [0.5, 0.6) is 0 Å². The molecule has 2 fully saturated rings. The number of nitrogens with one attached hydrogen (secondary N) is 1. The van der Waals surface area contributed by atoms with E-state index in [4.69, 9.17) is 0 Å². The van der Waals surface area contributed by atoms with Crippen molar-refractivity contribution < 1.29 is 14.4 Å². The van der Waals surface area contributed by atoms with Gasteiger partial charge in [-0.05, 0) is 20.8 Å². The summed E-state index contributed by atoms with van der Waals surface area (Å²) in [4.78, 5) is 37.6. The van der Waals surface area contributed by atoms with E-state index in [9.17, 15) is 14.4 Å². The van der Waals surface area contributed by atoms with E-state index < -0.39 is 0 Å². The number of rotatable bonds is 1. The second-order valence-electron chi connectivity index (χ2n) is 5.56. The molecule has 2 rings (SSSR count). The zero-order valence-electron chi connectivity index (χ0n) is 10.7. The molecule has 2 heterocycles. The number of likely N-dealkylation sites (tertiary alicyclic amines) is 1. The number of thioether (sulfide) groups is 1. The minimum absolute atomic E-state index is 0.147. The highest BCUT2D eigenvalue weighted by Gasteiger charge is 2.43. The zero-order chi connectivity index (χ0) is 13.5. The van der Waals surface area contributed by atoms with Crippen molar-refractivity contribution in [1.82, 2.24) is 15.1 Å². The van der Waals surface area contributed by atoms with E-state index in [-0.39, 0.29) is 34.5 Å². The van der Waals surface area contributed by atoms with E-state index in [1.54, 1.807) is 4.90 Å². The van der Waals surface area contributed by atoms with Gasteiger partial charge in [0.15, 0.2) is 0 Å². The van der Waals surface area contributed by atoms with Crippen LogP contribution in [0.4, 0.5) is 9.59 Å². The lowest BCUT2D eigenvalue weighted by Crippen LogP contribution is -2.65. The molecule has 2 saturated heterocycles. The lowest BCUT2D eigenvalue weighted by molar-refractivity contribution is -0.128. The van der Waals surface area contributed by atoms with Gasteiger partial charge in [-0.2, -0.15) is 0 Å². The molecule has 100 valence electrons. The molecule has 0 atom stereocenters. The number of hydrogen-bond donors (Lipinski definition) is 1. The van der Waals surface area contributed by atoms with Gasteiger partial charge in [-0.25, -0.2) is 4.79 Å². The summed E-state index contributed by atoms with van der Waals surface area (Å²) in [5, 5.41) is 2.65. The maximum absolute atomic E-state index is 11.8. The van der Waals surface area contributed by atoms with Crippen molar-refractivity contribution in [2.45, 2.75) is 32.4 Å². The molecule has 0 bridgehead atoms. The van der Waals surface area contributed by atoms with Gasteiger partial charge < -0.3 is 10.2 Å². The Hall–Kier alpha value is -1.24. The molecular weight excluding hydrogens is 254 g/mol. The summed E-state index contributed by atoms with van der Waals surface area (Å²) in [6.45, 7) is 6.59. The molecule has 0 aromatic rings. The molecule has 0 saturated carbocycles. The Morgan fingerprint density at radius 3 is 2.39 bits per heavy atom. The van der Waals surface area contributed by atoms with Crippen LogP contribution in [0.15, 0.2) is 0 Å². The smallest absolute Gasteiger partial charge is 0.317 e. The molecule has 2 aliphatic heterocycles. The molecule has 18 heavy (non-hydrogen) atoms. The van der Waals surface area contributed by atoms with Crippen molar-refractivity contribution >= 4 is 28.9 Å². The molecular formula is C11H17N3O3S. The number of hydrogen-bond acceptors (Lipinski definition) is 4. The molecule has 7 heteroatoms. The third-order valence-electron chi connectivity index (χ3n) is 2.78. The van der Waals surface area contributed by atoms with Gasteiger partial charge in [-0.15, -0.1) is 0 Å². The molecule has 0 unspecified atom stereocenters. The van der Waals surface area contributed by atoms with Crippen LogP contribution >= 0.6 is 11.8 Å². The van der Waals surface area contributed by atoms with Crippen molar-refractivity contribution in [1.29, 1.82) is 0 Å². The maximum Gasteiger partial charge on any atom is 0.317 e. The summed E-state index contributed by atoms with van der Waals surface area (Å²) >= 11 is 1.03. The first kappa shape index (κ1) is 13.2. The van der Waals surface area contributed by atoms with Gasteiger partial charge in [0.25, 0.3) is 5.24 Å². The predicted octanol–water partition coefficient (Wildman–Crippen LogP) is 0.874. The molecule has 0 aliphatic carbocycles. The predicted molar refractivity (Wildman–Crippen MR) is 68.3 cm³/mol. The Morgan fingerprint density at radius 2 is 1.94 bits per heavy atom. The summed E-state index contributed by atoms with van der Waals surface area (Å²) in [5.41, 5.74) is -0.280. The quantitative estimate of drug-likeness (QED) is 0.768. The molecule has 0 radical (unpaired) electrons. The standard InChI is InChI=1S/C11H17N3O3S/c1-11(2,3)12-9(16)13-4-7(5-13)14-8(15)6-18-10(14)17/h7H,4-6H2,1-3H3,(H,12,16). The fraction of sp³-hybridized carbons (Fsp3) is 0.727. The first-order chi connectivity index (χ1) is 8.28. The monoisotopic (exact) mass is 271 g/mol. The number of carbonyl (C=O) groups is 3. The highest BCUT2D eigenvalue weighted by molar-refractivity contribution is 8.14. The van der Waals surface area contributed by atoms with Crippen molar-refractivity contribution in [2.24, 2.45) is 0 Å². The molecule has 0 aromatic heterocycles. The number of amides is 4. The Morgan fingerprint density at radius 1 is 1.33 bits per heavy atom. The van der Waals surface area contributed by atoms with Gasteiger partial charge in [0.1, 0.15) is 0 Å². The van der Waals surface area contributed by atoms with E-state index in [2.05, 4.69) is 5.32 Å². The topological polar surface area (TPSA) is 69.7 Å². The molecule has 0 aromatic carbocycles. The number of urea groups is 1. The normalized spacial score (nSPS) is 21.3. The molecule has 2 aliphatic rings. The average Bonchev–Trinajstić information content (AvgIpc) is 2.43. The van der Waals surface area contributed by atoms with Crippen molar-refractivity contribution in [2.75, 3.05) is 18.8 Å². The third kappa shape index (κ3) is 2.60. The van der Waals surface area contributed by atoms with E-state index >= 15 is 0 Å². The first-order valence-electron chi connectivity index (χ1n) is 5.84. The van der Waals surface area contributed by atoms with Crippen molar-refractivity contribution in [3.05, 3.63) is 0 Å². The van der Waals surface area contributed by atoms with Crippen molar-refractivity contribution in [3.63, 3.8) is 0 Å². The lowest BCUT2D eigenvalue weighted by atomic mass is 10.1. The Balaban J connectivity index is 1.85. The van der Waals surface area contributed by atoms with E-state index in [1.165, 1.54) is 4.90 Å². The SMILES string of the molecule is CC(C)(C)NC(=O)N1CC(N2C(=O)CSC2=O)C1. The fourth-order valence-electron chi connectivity index (χ4n) is 1.90. The number of imide groups is 1. The van der Waals surface area contributed by atoms with Gasteiger partial charge in [-0.3, -0.25) is 14.5 Å².